The van der Waals surface area contributed by atoms with Crippen molar-refractivity contribution in [2.24, 2.45) is 0 Å². The first-order valence-electron chi connectivity index (χ1n) is 13.6. The number of benzene rings is 3. The molecule has 1 fully saturated rings. The third-order valence-electron chi connectivity index (χ3n) is 7.16. The number of carbonyl (C=O) groups is 1. The van der Waals surface area contributed by atoms with E-state index in [1.807, 2.05) is 6.92 Å². The molecule has 0 bridgehead atoms. The monoisotopic (exact) mass is 580 g/mol. The molecule has 0 spiro atoms. The lowest BCUT2D eigenvalue weighted by Gasteiger charge is -2.29. The molecule has 1 aliphatic carbocycles. The normalized spacial score (nSPS) is 16.9. The average molecular weight is 581 g/mol. The molecule has 0 aromatic heterocycles. The average Bonchev–Trinajstić information content (AvgIpc) is 2.96. The smallest absolute Gasteiger partial charge is 0.341 e. The number of halogens is 6. The quantitative estimate of drug-likeness (QED) is 0.137. The van der Waals surface area contributed by atoms with E-state index in [2.05, 4.69) is 0 Å². The van der Waals surface area contributed by atoms with Crippen LogP contribution in [0.25, 0.3) is 11.1 Å². The van der Waals surface area contributed by atoms with E-state index in [0.717, 1.165) is 24.6 Å². The zero-order valence-electron chi connectivity index (χ0n) is 22.7. The highest BCUT2D eigenvalue weighted by Crippen LogP contribution is 2.39. The Morgan fingerprint density at radius 2 is 1.29 bits per heavy atom. The van der Waals surface area contributed by atoms with Crippen molar-refractivity contribution in [3.63, 3.8) is 0 Å². The second kappa shape index (κ2) is 13.3. The fourth-order valence-corrected chi connectivity index (χ4v) is 4.93. The summed E-state index contributed by atoms with van der Waals surface area (Å²) in [4.78, 5) is 12.5. The maximum absolute atomic E-state index is 15.1. The number of esters is 1. The summed E-state index contributed by atoms with van der Waals surface area (Å²) in [5.74, 6) is -9.82. The number of carbonyl (C=O) groups excluding carboxylic acids is 1. The molecular weight excluding hydrogens is 550 g/mol. The second-order valence-corrected chi connectivity index (χ2v) is 9.82. The van der Waals surface area contributed by atoms with Gasteiger partial charge in [-0.25, -0.2) is 22.4 Å². The van der Waals surface area contributed by atoms with Crippen molar-refractivity contribution in [3.8, 4) is 22.6 Å². The molecule has 3 aromatic carbocycles. The maximum atomic E-state index is 15.1. The first-order valence-corrected chi connectivity index (χ1v) is 13.6. The molecule has 0 amide bonds. The topological polar surface area (TPSA) is 44.8 Å². The number of rotatable bonds is 10. The zero-order chi connectivity index (χ0) is 29.7. The van der Waals surface area contributed by atoms with Gasteiger partial charge >= 0.3 is 5.97 Å². The molecular formula is C31H30F6O4. The molecule has 0 radical (unpaired) electrons. The van der Waals surface area contributed by atoms with Crippen LogP contribution in [0.2, 0.25) is 0 Å². The lowest BCUT2D eigenvalue weighted by atomic mass is 9.82. The Hall–Kier alpha value is -3.69. The third-order valence-corrected chi connectivity index (χ3v) is 7.16. The first kappa shape index (κ1) is 30.3. The summed E-state index contributed by atoms with van der Waals surface area (Å²) in [6, 6.07) is 7.09. The summed E-state index contributed by atoms with van der Waals surface area (Å²) in [5.41, 5.74) is -1.36. The van der Waals surface area contributed by atoms with Gasteiger partial charge in [0.15, 0.2) is 34.8 Å². The Labute approximate surface area is 234 Å². The predicted octanol–water partition coefficient (Wildman–Crippen LogP) is 8.65. The molecule has 4 nitrogen and oxygen atoms in total. The molecule has 1 saturated carbocycles. The van der Waals surface area contributed by atoms with E-state index >= 15 is 8.78 Å². The van der Waals surface area contributed by atoms with Crippen molar-refractivity contribution < 1.29 is 45.3 Å². The van der Waals surface area contributed by atoms with Crippen LogP contribution in [0.3, 0.4) is 0 Å². The molecule has 0 heterocycles. The van der Waals surface area contributed by atoms with Crippen molar-refractivity contribution in [1.29, 1.82) is 0 Å². The van der Waals surface area contributed by atoms with E-state index in [9.17, 15) is 22.4 Å². The Bertz CT molecular complexity index is 1400. The highest BCUT2D eigenvalue weighted by Gasteiger charge is 2.30. The Kier molecular flexibility index (Phi) is 9.83. The highest BCUT2D eigenvalue weighted by molar-refractivity contribution is 5.90. The van der Waals surface area contributed by atoms with E-state index in [0.29, 0.717) is 19.3 Å². The molecule has 10 heteroatoms. The molecule has 41 heavy (non-hydrogen) atoms. The van der Waals surface area contributed by atoms with Gasteiger partial charge in [-0.05, 0) is 74.8 Å². The summed E-state index contributed by atoms with van der Waals surface area (Å²) in [6.07, 6.45) is 2.04. The van der Waals surface area contributed by atoms with Crippen LogP contribution in [0.4, 0.5) is 26.3 Å². The van der Waals surface area contributed by atoms with Gasteiger partial charge in [-0.1, -0.05) is 25.5 Å². The van der Waals surface area contributed by atoms with Crippen molar-refractivity contribution >= 4 is 5.97 Å². The van der Waals surface area contributed by atoms with E-state index < -0.39 is 69.6 Å². The second-order valence-electron chi connectivity index (χ2n) is 9.82. The molecule has 0 saturated heterocycles. The molecule has 0 aliphatic heterocycles. The maximum Gasteiger partial charge on any atom is 0.341 e. The largest absolute Gasteiger partial charge is 0.491 e. The summed E-state index contributed by atoms with van der Waals surface area (Å²) in [6.45, 7) is 3.84. The molecule has 220 valence electrons. The van der Waals surface area contributed by atoms with Crippen LogP contribution in [0.1, 0.15) is 74.2 Å². The Morgan fingerprint density at radius 3 is 1.95 bits per heavy atom. The third kappa shape index (κ3) is 6.47. The summed E-state index contributed by atoms with van der Waals surface area (Å²) >= 11 is 0. The lowest BCUT2D eigenvalue weighted by Crippen LogP contribution is -2.25. The van der Waals surface area contributed by atoms with Crippen LogP contribution in [-0.2, 0) is 4.74 Å². The number of hydrogen-bond donors (Lipinski definition) is 0. The molecule has 4 rings (SSSR count). The number of hydrogen-bond acceptors (Lipinski definition) is 4. The molecule has 0 unspecified atom stereocenters. The molecule has 3 aromatic rings. The van der Waals surface area contributed by atoms with Crippen LogP contribution in [0.5, 0.6) is 11.5 Å². The predicted molar refractivity (Wildman–Crippen MR) is 140 cm³/mol. The van der Waals surface area contributed by atoms with Crippen LogP contribution >= 0.6 is 0 Å². The van der Waals surface area contributed by atoms with Crippen LogP contribution in [0.15, 0.2) is 36.4 Å². The standard InChI is InChI=1S/C31H30F6O4/c1-3-5-16-40-24-15-13-22(28(35)30(24)37)31(38)41-18-8-6-17(7-9-18)19-10-11-20(26(33)25(19)32)21-12-14-23(39-4-2)29(36)27(21)34/h10-15,17-18H,3-9,16H2,1-2H3. The summed E-state index contributed by atoms with van der Waals surface area (Å²) in [5, 5.41) is 0. The van der Waals surface area contributed by atoms with E-state index in [4.69, 9.17) is 14.2 Å². The summed E-state index contributed by atoms with van der Waals surface area (Å²) < 4.78 is 103. The number of ether oxygens (including phenoxy) is 3. The van der Waals surface area contributed by atoms with Crippen molar-refractivity contribution in [3.05, 3.63) is 82.4 Å². The van der Waals surface area contributed by atoms with Crippen molar-refractivity contribution in [2.45, 2.75) is 64.4 Å². The SMILES string of the molecule is CCCCOc1ccc(C(=O)OC2CCC(c3ccc(-c4ccc(OCC)c(F)c4F)c(F)c3F)CC2)c(F)c1F. The van der Waals surface area contributed by atoms with E-state index in [1.165, 1.54) is 18.2 Å². The molecule has 1 aliphatic rings. The molecule has 0 N–H and O–H groups in total. The van der Waals surface area contributed by atoms with Gasteiger partial charge in [-0.15, -0.1) is 0 Å². The van der Waals surface area contributed by atoms with Gasteiger partial charge in [-0.3, -0.25) is 0 Å². The number of unbranched alkanes of at least 4 members (excludes halogenated alkanes) is 1. The lowest BCUT2D eigenvalue weighted by molar-refractivity contribution is 0.0188. The van der Waals surface area contributed by atoms with Crippen molar-refractivity contribution in [1.82, 2.24) is 0 Å². The van der Waals surface area contributed by atoms with Gasteiger partial charge in [0.1, 0.15) is 6.10 Å². The van der Waals surface area contributed by atoms with Crippen LogP contribution in [0, 0.1) is 34.9 Å². The fraction of sp³-hybridized carbons (Fsp3) is 0.387. The molecule has 0 atom stereocenters. The van der Waals surface area contributed by atoms with Gasteiger partial charge in [0.2, 0.25) is 11.6 Å². The zero-order valence-corrected chi connectivity index (χ0v) is 22.7. The fourth-order valence-electron chi connectivity index (χ4n) is 4.93. The van der Waals surface area contributed by atoms with E-state index in [-0.39, 0.29) is 43.1 Å². The Morgan fingerprint density at radius 1 is 0.707 bits per heavy atom. The van der Waals surface area contributed by atoms with Gasteiger partial charge < -0.3 is 14.2 Å². The van der Waals surface area contributed by atoms with Crippen LogP contribution < -0.4 is 9.47 Å². The first-order chi connectivity index (χ1) is 19.7. The van der Waals surface area contributed by atoms with Crippen molar-refractivity contribution in [2.75, 3.05) is 13.2 Å². The minimum Gasteiger partial charge on any atom is -0.491 e. The minimum atomic E-state index is -1.36. The van der Waals surface area contributed by atoms with E-state index in [1.54, 1.807) is 6.92 Å². The van der Waals surface area contributed by atoms with Crippen LogP contribution in [-0.4, -0.2) is 25.3 Å². The highest BCUT2D eigenvalue weighted by atomic mass is 19.2. The summed E-state index contributed by atoms with van der Waals surface area (Å²) in [7, 11) is 0. The Balaban J connectivity index is 1.41. The minimum absolute atomic E-state index is 0.0645. The van der Waals surface area contributed by atoms with Gasteiger partial charge in [0, 0.05) is 11.1 Å². The van der Waals surface area contributed by atoms with Gasteiger partial charge in [-0.2, -0.15) is 8.78 Å². The van der Waals surface area contributed by atoms with Gasteiger partial charge in [0.05, 0.1) is 18.8 Å². The van der Waals surface area contributed by atoms with Gasteiger partial charge in [0.25, 0.3) is 0 Å².